The van der Waals surface area contributed by atoms with Crippen molar-refractivity contribution in [1.82, 2.24) is 4.90 Å². The second-order valence-electron chi connectivity index (χ2n) is 8.25. The number of nitrogens with zero attached hydrogens (tertiary/aromatic N) is 2. The number of carbonyl (C=O) groups excluding carboxylic acids is 2. The number of halogens is 2. The van der Waals surface area contributed by atoms with Gasteiger partial charge in [-0.25, -0.2) is 13.6 Å². The van der Waals surface area contributed by atoms with Gasteiger partial charge in [0.15, 0.2) is 11.6 Å². The van der Waals surface area contributed by atoms with E-state index in [9.17, 15) is 18.4 Å². The standard InChI is InChI=1S/C21H31F2N3O3/c1-6-14(7-2)19(27)24-15-12-16(22)18(17(23)13-15)25-8-10-26(11-9-25)20(28)29-21(3,4)5/h12-14H,6-11H2,1-5H3,(H,24,27). The van der Waals surface area contributed by atoms with Gasteiger partial charge in [-0.15, -0.1) is 0 Å². The highest BCUT2D eigenvalue weighted by atomic mass is 19.1. The Bertz CT molecular complexity index is 714. The highest BCUT2D eigenvalue weighted by Gasteiger charge is 2.28. The van der Waals surface area contributed by atoms with Crippen LogP contribution in [0.1, 0.15) is 47.5 Å². The maximum absolute atomic E-state index is 14.7. The van der Waals surface area contributed by atoms with E-state index in [1.807, 2.05) is 13.8 Å². The summed E-state index contributed by atoms with van der Waals surface area (Å²) >= 11 is 0. The molecule has 0 aliphatic carbocycles. The van der Waals surface area contributed by atoms with Crippen molar-refractivity contribution in [2.45, 2.75) is 53.1 Å². The van der Waals surface area contributed by atoms with E-state index in [0.29, 0.717) is 25.9 Å². The van der Waals surface area contributed by atoms with Gasteiger partial charge >= 0.3 is 6.09 Å². The minimum absolute atomic E-state index is 0.105. The minimum atomic E-state index is -0.740. The maximum Gasteiger partial charge on any atom is 0.410 e. The van der Waals surface area contributed by atoms with Gasteiger partial charge < -0.3 is 19.9 Å². The molecule has 0 spiro atoms. The number of amides is 2. The van der Waals surface area contributed by atoms with Crippen LogP contribution in [0.15, 0.2) is 12.1 Å². The van der Waals surface area contributed by atoms with Crippen LogP contribution in [-0.4, -0.2) is 48.7 Å². The van der Waals surface area contributed by atoms with E-state index in [-0.39, 0.29) is 36.3 Å². The van der Waals surface area contributed by atoms with Crippen LogP contribution < -0.4 is 10.2 Å². The van der Waals surface area contributed by atoms with E-state index < -0.39 is 23.3 Å². The maximum atomic E-state index is 14.7. The van der Waals surface area contributed by atoms with Crippen molar-refractivity contribution in [3.05, 3.63) is 23.8 Å². The quantitative estimate of drug-likeness (QED) is 0.780. The Labute approximate surface area is 171 Å². The summed E-state index contributed by atoms with van der Waals surface area (Å²) in [6, 6.07) is 2.28. The molecule has 2 amide bonds. The van der Waals surface area contributed by atoms with Gasteiger partial charge in [-0.1, -0.05) is 13.8 Å². The Balaban J connectivity index is 2.05. The molecule has 0 bridgehead atoms. The summed E-state index contributed by atoms with van der Waals surface area (Å²) in [5.74, 6) is -1.92. The van der Waals surface area contributed by atoms with Crippen LogP contribution in [0.5, 0.6) is 0 Å². The summed E-state index contributed by atoms with van der Waals surface area (Å²) in [6.07, 6.45) is 0.887. The zero-order valence-electron chi connectivity index (χ0n) is 17.8. The fraction of sp³-hybridized carbons (Fsp3) is 0.619. The molecule has 6 nitrogen and oxygen atoms in total. The molecule has 0 radical (unpaired) electrons. The smallest absolute Gasteiger partial charge is 0.410 e. The lowest BCUT2D eigenvalue weighted by molar-refractivity contribution is -0.120. The molecule has 0 aromatic heterocycles. The number of ether oxygens (including phenoxy) is 1. The third kappa shape index (κ3) is 6.05. The van der Waals surface area contributed by atoms with Crippen LogP contribution in [0.2, 0.25) is 0 Å². The van der Waals surface area contributed by atoms with Gasteiger partial charge in [0.1, 0.15) is 11.3 Å². The molecule has 1 aromatic carbocycles. The molecule has 1 fully saturated rings. The first-order valence-electron chi connectivity index (χ1n) is 10.1. The topological polar surface area (TPSA) is 61.9 Å². The van der Waals surface area contributed by atoms with Crippen molar-refractivity contribution in [1.29, 1.82) is 0 Å². The van der Waals surface area contributed by atoms with Gasteiger partial charge in [-0.05, 0) is 45.7 Å². The number of benzene rings is 1. The van der Waals surface area contributed by atoms with E-state index in [1.165, 1.54) is 4.90 Å². The molecule has 162 valence electrons. The van der Waals surface area contributed by atoms with Crippen molar-refractivity contribution in [2.24, 2.45) is 5.92 Å². The lowest BCUT2D eigenvalue weighted by Gasteiger charge is -2.37. The van der Waals surface area contributed by atoms with E-state index in [2.05, 4.69) is 5.32 Å². The highest BCUT2D eigenvalue weighted by Crippen LogP contribution is 2.29. The predicted molar refractivity (Wildman–Crippen MR) is 109 cm³/mol. The summed E-state index contributed by atoms with van der Waals surface area (Å²) in [4.78, 5) is 27.4. The zero-order valence-corrected chi connectivity index (χ0v) is 17.8. The molecule has 1 aromatic rings. The Morgan fingerprint density at radius 1 is 1.07 bits per heavy atom. The molecular weight excluding hydrogens is 380 g/mol. The highest BCUT2D eigenvalue weighted by molar-refractivity contribution is 5.92. The summed E-state index contributed by atoms with van der Waals surface area (Å²) in [6.45, 7) is 10.3. The summed E-state index contributed by atoms with van der Waals surface area (Å²) < 4.78 is 34.6. The van der Waals surface area contributed by atoms with Crippen molar-refractivity contribution in [3.63, 3.8) is 0 Å². The molecule has 8 heteroatoms. The number of rotatable bonds is 5. The molecule has 0 saturated carbocycles. The Kier molecular flexibility index (Phi) is 7.43. The van der Waals surface area contributed by atoms with E-state index in [1.54, 1.807) is 25.7 Å². The summed E-state index contributed by atoms with van der Waals surface area (Å²) in [5.41, 5.74) is -0.635. The Morgan fingerprint density at radius 2 is 1.59 bits per heavy atom. The monoisotopic (exact) mass is 411 g/mol. The van der Waals surface area contributed by atoms with Crippen molar-refractivity contribution in [2.75, 3.05) is 36.4 Å². The molecule has 0 unspecified atom stereocenters. The van der Waals surface area contributed by atoms with Crippen molar-refractivity contribution in [3.8, 4) is 0 Å². The predicted octanol–water partition coefficient (Wildman–Crippen LogP) is 4.40. The lowest BCUT2D eigenvalue weighted by Crippen LogP contribution is -2.50. The normalized spacial score (nSPS) is 14.9. The molecular formula is C21H31F2N3O3. The van der Waals surface area contributed by atoms with Gasteiger partial charge in [-0.3, -0.25) is 4.79 Å². The van der Waals surface area contributed by atoms with E-state index in [0.717, 1.165) is 12.1 Å². The van der Waals surface area contributed by atoms with Crippen molar-refractivity contribution >= 4 is 23.4 Å². The van der Waals surface area contributed by atoms with Gasteiger partial charge in [0.25, 0.3) is 0 Å². The summed E-state index contributed by atoms with van der Waals surface area (Å²) in [5, 5.41) is 2.59. The van der Waals surface area contributed by atoms with Crippen molar-refractivity contribution < 1.29 is 23.1 Å². The van der Waals surface area contributed by atoms with Gasteiger partial charge in [0.2, 0.25) is 5.91 Å². The third-order valence-electron chi connectivity index (χ3n) is 4.89. The first-order chi connectivity index (χ1) is 13.6. The first kappa shape index (κ1) is 22.9. The molecule has 1 heterocycles. The molecule has 1 aliphatic rings. The number of hydrogen-bond acceptors (Lipinski definition) is 4. The molecule has 0 atom stereocenters. The van der Waals surface area contributed by atoms with Crippen LogP contribution in [0.25, 0.3) is 0 Å². The minimum Gasteiger partial charge on any atom is -0.444 e. The van der Waals surface area contributed by atoms with Gasteiger partial charge in [-0.2, -0.15) is 0 Å². The molecule has 1 N–H and O–H groups in total. The van der Waals surface area contributed by atoms with Crippen LogP contribution in [-0.2, 0) is 9.53 Å². The SMILES string of the molecule is CCC(CC)C(=O)Nc1cc(F)c(N2CCN(C(=O)OC(C)(C)C)CC2)c(F)c1. The number of nitrogens with one attached hydrogen (secondary N) is 1. The Morgan fingerprint density at radius 3 is 2.03 bits per heavy atom. The average molecular weight is 411 g/mol. The molecule has 1 aliphatic heterocycles. The van der Waals surface area contributed by atoms with E-state index in [4.69, 9.17) is 4.74 Å². The second kappa shape index (κ2) is 9.41. The van der Waals surface area contributed by atoms with Gasteiger partial charge in [0.05, 0.1) is 0 Å². The van der Waals surface area contributed by atoms with Gasteiger partial charge in [0, 0.05) is 37.8 Å². The van der Waals surface area contributed by atoms with Crippen LogP contribution in [0.4, 0.5) is 25.0 Å². The molecule has 2 rings (SSSR count). The number of anilines is 2. The molecule has 1 saturated heterocycles. The van der Waals surface area contributed by atoms with Crippen LogP contribution >= 0.6 is 0 Å². The molecule has 29 heavy (non-hydrogen) atoms. The zero-order chi connectivity index (χ0) is 21.8. The summed E-state index contributed by atoms with van der Waals surface area (Å²) in [7, 11) is 0. The van der Waals surface area contributed by atoms with Crippen LogP contribution in [0.3, 0.4) is 0 Å². The number of piperazine rings is 1. The Hall–Kier alpha value is -2.38. The largest absolute Gasteiger partial charge is 0.444 e. The number of hydrogen-bond donors (Lipinski definition) is 1. The van der Waals surface area contributed by atoms with Crippen LogP contribution in [0, 0.1) is 17.6 Å². The fourth-order valence-corrected chi connectivity index (χ4v) is 3.28. The lowest BCUT2D eigenvalue weighted by atomic mass is 10.0. The first-order valence-corrected chi connectivity index (χ1v) is 10.1. The third-order valence-corrected chi connectivity index (χ3v) is 4.89. The number of carbonyl (C=O) groups is 2. The fourth-order valence-electron chi connectivity index (χ4n) is 3.28. The second-order valence-corrected chi connectivity index (χ2v) is 8.25. The van der Waals surface area contributed by atoms with E-state index >= 15 is 0 Å². The average Bonchev–Trinajstić information content (AvgIpc) is 2.61.